The van der Waals surface area contributed by atoms with Gasteiger partial charge in [-0.25, -0.2) is 0 Å². The third kappa shape index (κ3) is 4.10. The van der Waals surface area contributed by atoms with E-state index in [0.29, 0.717) is 0 Å². The minimum absolute atomic E-state index is 0.794. The highest BCUT2D eigenvalue weighted by atomic mass is 16.5. The third-order valence-corrected chi connectivity index (χ3v) is 3.16. The molecule has 108 valence electrons. The summed E-state index contributed by atoms with van der Waals surface area (Å²) in [4.78, 5) is 0. The summed E-state index contributed by atoms with van der Waals surface area (Å²) in [5.41, 5.74) is 3.15. The molecule has 4 heteroatoms. The number of nitrogens with one attached hydrogen (secondary N) is 2. The van der Waals surface area contributed by atoms with E-state index in [-0.39, 0.29) is 0 Å². The lowest BCUT2D eigenvalue weighted by atomic mass is 10.1. The van der Waals surface area contributed by atoms with Crippen LogP contribution >= 0.6 is 0 Å². The van der Waals surface area contributed by atoms with E-state index >= 15 is 0 Å². The van der Waals surface area contributed by atoms with E-state index in [1.807, 2.05) is 19.2 Å². The van der Waals surface area contributed by atoms with Crippen molar-refractivity contribution in [2.45, 2.75) is 32.7 Å². The zero-order valence-electron chi connectivity index (χ0n) is 12.3. The highest BCUT2D eigenvalue weighted by Crippen LogP contribution is 2.21. The predicted octanol–water partition coefficient (Wildman–Crippen LogP) is 3.37. The predicted molar refractivity (Wildman–Crippen MR) is 81.8 cm³/mol. The maximum atomic E-state index is 5.70. The highest BCUT2D eigenvalue weighted by molar-refractivity contribution is 5.60. The van der Waals surface area contributed by atoms with Gasteiger partial charge in [-0.1, -0.05) is 19.8 Å². The molecule has 0 amide bonds. The first-order valence-corrected chi connectivity index (χ1v) is 7.25. The molecule has 1 aromatic heterocycles. The molecular formula is C16H23N3O. The van der Waals surface area contributed by atoms with Crippen molar-refractivity contribution in [3.63, 3.8) is 0 Å². The first-order valence-electron chi connectivity index (χ1n) is 7.25. The van der Waals surface area contributed by atoms with Crippen molar-refractivity contribution in [2.75, 3.05) is 13.7 Å². The molecule has 1 heterocycles. The molecule has 0 saturated heterocycles. The van der Waals surface area contributed by atoms with Crippen LogP contribution in [0.25, 0.3) is 11.3 Å². The summed E-state index contributed by atoms with van der Waals surface area (Å²) >= 11 is 0. The minimum Gasteiger partial charge on any atom is -0.494 e. The largest absolute Gasteiger partial charge is 0.494 e. The van der Waals surface area contributed by atoms with Crippen LogP contribution in [0, 0.1) is 0 Å². The van der Waals surface area contributed by atoms with Crippen LogP contribution in [0.5, 0.6) is 5.75 Å². The molecule has 0 bridgehead atoms. The van der Waals surface area contributed by atoms with Gasteiger partial charge in [0.15, 0.2) is 0 Å². The van der Waals surface area contributed by atoms with E-state index in [2.05, 4.69) is 40.6 Å². The van der Waals surface area contributed by atoms with Gasteiger partial charge < -0.3 is 10.1 Å². The standard InChI is InChI=1S/C16H23N3O/c1-3-4-5-10-20-15-8-6-13(7-9-15)16-11-14(12-17-2)18-19-16/h6-9,11,17H,3-5,10,12H2,1-2H3,(H,18,19). The number of hydrogen-bond acceptors (Lipinski definition) is 3. The number of hydrogen-bond donors (Lipinski definition) is 2. The summed E-state index contributed by atoms with van der Waals surface area (Å²) in [6.07, 6.45) is 3.56. The lowest BCUT2D eigenvalue weighted by Gasteiger charge is -2.06. The average molecular weight is 273 g/mol. The Labute approximate surface area is 120 Å². The van der Waals surface area contributed by atoms with Crippen molar-refractivity contribution in [1.29, 1.82) is 0 Å². The van der Waals surface area contributed by atoms with E-state index < -0.39 is 0 Å². The van der Waals surface area contributed by atoms with Crippen molar-refractivity contribution >= 4 is 0 Å². The molecule has 0 spiro atoms. The van der Waals surface area contributed by atoms with Gasteiger partial charge in [-0.05, 0) is 43.8 Å². The lowest BCUT2D eigenvalue weighted by molar-refractivity contribution is 0.306. The topological polar surface area (TPSA) is 49.9 Å². The van der Waals surface area contributed by atoms with Gasteiger partial charge in [0.25, 0.3) is 0 Å². The fraction of sp³-hybridized carbons (Fsp3) is 0.438. The summed E-state index contributed by atoms with van der Waals surface area (Å²) in [7, 11) is 1.92. The molecule has 2 rings (SSSR count). The number of ether oxygens (including phenoxy) is 1. The van der Waals surface area contributed by atoms with Crippen LogP contribution < -0.4 is 10.1 Å². The summed E-state index contributed by atoms with van der Waals surface area (Å²) < 4.78 is 5.70. The molecule has 1 aromatic carbocycles. The van der Waals surface area contributed by atoms with Gasteiger partial charge in [0, 0.05) is 17.8 Å². The van der Waals surface area contributed by atoms with Crippen molar-refractivity contribution < 1.29 is 4.74 Å². The van der Waals surface area contributed by atoms with Crippen molar-refractivity contribution in [2.24, 2.45) is 0 Å². The van der Waals surface area contributed by atoms with E-state index in [1.165, 1.54) is 12.8 Å². The summed E-state index contributed by atoms with van der Waals surface area (Å²) in [5, 5.41) is 10.4. The van der Waals surface area contributed by atoms with Gasteiger partial charge in [0.2, 0.25) is 0 Å². The second kappa shape index (κ2) is 7.70. The molecule has 0 fully saturated rings. The Morgan fingerprint density at radius 2 is 2.00 bits per heavy atom. The van der Waals surface area contributed by atoms with Crippen LogP contribution in [-0.4, -0.2) is 23.9 Å². The van der Waals surface area contributed by atoms with Crippen molar-refractivity contribution in [3.05, 3.63) is 36.0 Å². The first-order chi connectivity index (χ1) is 9.83. The Morgan fingerprint density at radius 1 is 1.20 bits per heavy atom. The van der Waals surface area contributed by atoms with Crippen LogP contribution in [0.15, 0.2) is 30.3 Å². The quantitative estimate of drug-likeness (QED) is 0.725. The Morgan fingerprint density at radius 3 is 2.70 bits per heavy atom. The normalized spacial score (nSPS) is 10.7. The Bertz CT molecular complexity index is 505. The molecule has 2 N–H and O–H groups in total. The molecule has 0 saturated carbocycles. The highest BCUT2D eigenvalue weighted by Gasteiger charge is 2.03. The van der Waals surface area contributed by atoms with Crippen LogP contribution in [0.2, 0.25) is 0 Å². The number of H-pyrrole nitrogens is 1. The van der Waals surface area contributed by atoms with Gasteiger partial charge in [-0.3, -0.25) is 5.10 Å². The molecular weight excluding hydrogens is 250 g/mol. The van der Waals surface area contributed by atoms with Crippen molar-refractivity contribution in [3.8, 4) is 17.0 Å². The Hall–Kier alpha value is -1.81. The van der Waals surface area contributed by atoms with Gasteiger partial charge in [-0.15, -0.1) is 0 Å². The monoisotopic (exact) mass is 273 g/mol. The minimum atomic E-state index is 0.794. The third-order valence-electron chi connectivity index (χ3n) is 3.16. The smallest absolute Gasteiger partial charge is 0.119 e. The number of aromatic nitrogens is 2. The Balaban J connectivity index is 1.93. The fourth-order valence-corrected chi connectivity index (χ4v) is 2.05. The van der Waals surface area contributed by atoms with E-state index in [1.54, 1.807) is 0 Å². The molecule has 0 radical (unpaired) electrons. The fourth-order valence-electron chi connectivity index (χ4n) is 2.05. The maximum Gasteiger partial charge on any atom is 0.119 e. The second-order valence-electron chi connectivity index (χ2n) is 4.89. The second-order valence-corrected chi connectivity index (χ2v) is 4.89. The molecule has 0 aliphatic carbocycles. The summed E-state index contributed by atoms with van der Waals surface area (Å²) in [6.45, 7) is 3.79. The molecule has 0 aliphatic heterocycles. The van der Waals surface area contributed by atoms with Crippen LogP contribution in [0.1, 0.15) is 31.9 Å². The molecule has 20 heavy (non-hydrogen) atoms. The van der Waals surface area contributed by atoms with Gasteiger partial charge in [0.05, 0.1) is 12.3 Å². The van der Waals surface area contributed by atoms with Crippen LogP contribution in [0.4, 0.5) is 0 Å². The van der Waals surface area contributed by atoms with Crippen LogP contribution in [0.3, 0.4) is 0 Å². The van der Waals surface area contributed by atoms with Gasteiger partial charge >= 0.3 is 0 Å². The SMILES string of the molecule is CCCCCOc1ccc(-c2cc(CNC)[nH]n2)cc1. The zero-order chi connectivity index (χ0) is 14.2. The van der Waals surface area contributed by atoms with Gasteiger partial charge in [-0.2, -0.15) is 5.10 Å². The molecule has 0 atom stereocenters. The van der Waals surface area contributed by atoms with Crippen LogP contribution in [-0.2, 0) is 6.54 Å². The number of aromatic amines is 1. The zero-order valence-corrected chi connectivity index (χ0v) is 12.3. The molecule has 2 aromatic rings. The molecule has 0 unspecified atom stereocenters. The maximum absolute atomic E-state index is 5.70. The molecule has 4 nitrogen and oxygen atoms in total. The number of rotatable bonds is 8. The number of benzene rings is 1. The summed E-state index contributed by atoms with van der Waals surface area (Å²) in [5.74, 6) is 0.927. The van der Waals surface area contributed by atoms with Gasteiger partial charge in [0.1, 0.15) is 5.75 Å². The average Bonchev–Trinajstić information content (AvgIpc) is 2.93. The van der Waals surface area contributed by atoms with Crippen molar-refractivity contribution in [1.82, 2.24) is 15.5 Å². The lowest BCUT2D eigenvalue weighted by Crippen LogP contribution is -2.04. The van der Waals surface area contributed by atoms with E-state index in [9.17, 15) is 0 Å². The van der Waals surface area contributed by atoms with E-state index in [0.717, 1.165) is 42.3 Å². The number of unbranched alkanes of at least 4 members (excludes halogenated alkanes) is 2. The van der Waals surface area contributed by atoms with E-state index in [4.69, 9.17) is 4.74 Å². The first kappa shape index (κ1) is 14.6. The number of nitrogens with zero attached hydrogens (tertiary/aromatic N) is 1. The molecule has 0 aliphatic rings. The summed E-state index contributed by atoms with van der Waals surface area (Å²) in [6, 6.07) is 10.2. The Kier molecular flexibility index (Phi) is 5.62.